The standard InChI is InChI=1S/C23H18ClN5S/c24-16-8-10-17(11-9-16)29-22(21(27-23(29)30)19-6-1-2-13-26-19)20-7-4-14-28(20)18-5-3-12-25-15-18/h1-15,21-22H,(H,27,30). The van der Waals surface area contributed by atoms with E-state index in [0.29, 0.717) is 10.1 Å². The molecular weight excluding hydrogens is 414 g/mol. The zero-order valence-corrected chi connectivity index (χ0v) is 17.5. The molecule has 1 aliphatic heterocycles. The molecule has 0 spiro atoms. The van der Waals surface area contributed by atoms with Crippen LogP contribution in [0.25, 0.3) is 5.69 Å². The third-order valence-corrected chi connectivity index (χ3v) is 5.78. The predicted octanol–water partition coefficient (Wildman–Crippen LogP) is 5.10. The smallest absolute Gasteiger partial charge is 0.174 e. The molecular formula is C23H18ClN5S. The lowest BCUT2D eigenvalue weighted by atomic mass is 10.0. The van der Waals surface area contributed by atoms with Gasteiger partial charge < -0.3 is 14.8 Å². The molecule has 1 N–H and O–H groups in total. The van der Waals surface area contributed by atoms with Crippen LogP contribution >= 0.6 is 23.8 Å². The number of nitrogens with zero attached hydrogens (tertiary/aromatic N) is 4. The number of nitrogens with one attached hydrogen (secondary N) is 1. The number of halogens is 1. The highest BCUT2D eigenvalue weighted by molar-refractivity contribution is 7.80. The van der Waals surface area contributed by atoms with E-state index in [0.717, 1.165) is 22.8 Å². The normalized spacial score (nSPS) is 18.4. The average Bonchev–Trinajstić information content (AvgIpc) is 3.40. The summed E-state index contributed by atoms with van der Waals surface area (Å²) >= 11 is 11.9. The first-order valence-electron chi connectivity index (χ1n) is 9.56. The van der Waals surface area contributed by atoms with Crippen LogP contribution in [0.15, 0.2) is 91.5 Å². The Morgan fingerprint density at radius 1 is 0.900 bits per heavy atom. The van der Waals surface area contributed by atoms with E-state index in [1.165, 1.54) is 0 Å². The van der Waals surface area contributed by atoms with Crippen molar-refractivity contribution in [2.75, 3.05) is 4.90 Å². The fourth-order valence-electron chi connectivity index (χ4n) is 3.90. The second-order valence-corrected chi connectivity index (χ2v) is 7.81. The van der Waals surface area contributed by atoms with Crippen molar-refractivity contribution in [1.82, 2.24) is 19.9 Å². The highest BCUT2D eigenvalue weighted by atomic mass is 35.5. The van der Waals surface area contributed by atoms with Crippen LogP contribution in [0.1, 0.15) is 23.5 Å². The number of benzene rings is 1. The van der Waals surface area contributed by atoms with E-state index >= 15 is 0 Å². The van der Waals surface area contributed by atoms with Crippen molar-refractivity contribution in [3.05, 3.63) is 108 Å². The number of rotatable bonds is 4. The molecule has 4 aromatic rings. The van der Waals surface area contributed by atoms with Gasteiger partial charge in [-0.3, -0.25) is 9.97 Å². The molecule has 1 aromatic carbocycles. The quantitative estimate of drug-likeness (QED) is 0.455. The van der Waals surface area contributed by atoms with Gasteiger partial charge in [-0.1, -0.05) is 17.7 Å². The molecule has 4 heterocycles. The lowest BCUT2D eigenvalue weighted by Gasteiger charge is -2.29. The van der Waals surface area contributed by atoms with E-state index in [9.17, 15) is 0 Å². The van der Waals surface area contributed by atoms with Crippen LogP contribution in [-0.2, 0) is 0 Å². The van der Waals surface area contributed by atoms with Gasteiger partial charge in [0.05, 0.1) is 23.6 Å². The number of hydrogen-bond acceptors (Lipinski definition) is 3. The minimum Gasteiger partial charge on any atom is -0.351 e. The maximum Gasteiger partial charge on any atom is 0.174 e. The molecule has 2 atom stereocenters. The van der Waals surface area contributed by atoms with Crippen LogP contribution in [-0.4, -0.2) is 19.6 Å². The molecule has 5 rings (SSSR count). The van der Waals surface area contributed by atoms with Crippen LogP contribution in [0, 0.1) is 0 Å². The van der Waals surface area contributed by atoms with Crippen LogP contribution in [0.5, 0.6) is 0 Å². The summed E-state index contributed by atoms with van der Waals surface area (Å²) in [5.41, 5.74) is 3.98. The molecule has 148 valence electrons. The van der Waals surface area contributed by atoms with Crippen molar-refractivity contribution in [1.29, 1.82) is 0 Å². The third kappa shape index (κ3) is 3.34. The molecule has 1 fully saturated rings. The van der Waals surface area contributed by atoms with Crippen LogP contribution in [0.2, 0.25) is 5.02 Å². The van der Waals surface area contributed by atoms with Gasteiger partial charge in [0, 0.05) is 35.0 Å². The minimum absolute atomic E-state index is 0.108. The SMILES string of the molecule is S=C1NC(c2ccccn2)C(c2cccn2-c2cccnc2)N1c1ccc(Cl)cc1. The maximum atomic E-state index is 6.13. The summed E-state index contributed by atoms with van der Waals surface area (Å²) in [5, 5.41) is 4.82. The summed E-state index contributed by atoms with van der Waals surface area (Å²) in [4.78, 5) is 11.0. The van der Waals surface area contributed by atoms with Crippen LogP contribution in [0.4, 0.5) is 5.69 Å². The van der Waals surface area contributed by atoms with E-state index in [4.69, 9.17) is 23.8 Å². The Balaban J connectivity index is 1.67. The van der Waals surface area contributed by atoms with Gasteiger partial charge >= 0.3 is 0 Å². The molecule has 0 saturated carbocycles. The Morgan fingerprint density at radius 2 is 1.77 bits per heavy atom. The van der Waals surface area contributed by atoms with Crippen LogP contribution < -0.4 is 10.2 Å². The topological polar surface area (TPSA) is 46.0 Å². The second-order valence-electron chi connectivity index (χ2n) is 6.99. The third-order valence-electron chi connectivity index (χ3n) is 5.21. The van der Waals surface area contributed by atoms with Gasteiger partial charge in [0.25, 0.3) is 0 Å². The lowest BCUT2D eigenvalue weighted by molar-refractivity contribution is 0.549. The maximum absolute atomic E-state index is 6.13. The molecule has 5 nitrogen and oxygen atoms in total. The fraction of sp³-hybridized carbons (Fsp3) is 0.0870. The first-order valence-corrected chi connectivity index (χ1v) is 10.3. The molecule has 0 aliphatic carbocycles. The molecule has 0 amide bonds. The first kappa shape index (κ1) is 18.8. The Kier molecular flexibility index (Phi) is 4.94. The Morgan fingerprint density at radius 3 is 2.50 bits per heavy atom. The Bertz CT molecular complexity index is 1160. The lowest BCUT2D eigenvalue weighted by Crippen LogP contribution is -2.30. The Hall–Kier alpha value is -3.22. The molecule has 7 heteroatoms. The van der Waals surface area contributed by atoms with E-state index < -0.39 is 0 Å². The summed E-state index contributed by atoms with van der Waals surface area (Å²) < 4.78 is 2.14. The zero-order valence-electron chi connectivity index (χ0n) is 15.9. The van der Waals surface area contributed by atoms with Gasteiger partial charge in [0.1, 0.15) is 6.04 Å². The zero-order chi connectivity index (χ0) is 20.5. The monoisotopic (exact) mass is 431 g/mol. The molecule has 1 aliphatic rings. The molecule has 30 heavy (non-hydrogen) atoms. The molecule has 2 unspecified atom stereocenters. The number of thiocarbonyl (C=S) groups is 1. The second kappa shape index (κ2) is 7.89. The van der Waals surface area contributed by atoms with E-state index in [2.05, 4.69) is 30.8 Å². The van der Waals surface area contributed by atoms with E-state index in [1.54, 1.807) is 6.20 Å². The van der Waals surface area contributed by atoms with Gasteiger partial charge in [-0.05, 0) is 72.9 Å². The van der Waals surface area contributed by atoms with Crippen molar-refractivity contribution < 1.29 is 0 Å². The summed E-state index contributed by atoms with van der Waals surface area (Å²) in [6, 6.07) is 21.6. The number of aromatic nitrogens is 3. The molecule has 1 saturated heterocycles. The highest BCUT2D eigenvalue weighted by Gasteiger charge is 2.42. The summed E-state index contributed by atoms with van der Waals surface area (Å²) in [7, 11) is 0. The number of anilines is 1. The average molecular weight is 432 g/mol. The van der Waals surface area contributed by atoms with Crippen molar-refractivity contribution in [3.8, 4) is 5.69 Å². The summed E-state index contributed by atoms with van der Waals surface area (Å²) in [6.07, 6.45) is 7.48. The fourth-order valence-corrected chi connectivity index (χ4v) is 4.37. The Labute approximate surface area is 185 Å². The van der Waals surface area contributed by atoms with Gasteiger partial charge in [0.15, 0.2) is 5.11 Å². The van der Waals surface area contributed by atoms with E-state index in [1.807, 2.05) is 79.3 Å². The molecule has 3 aromatic heterocycles. The van der Waals surface area contributed by atoms with Crippen molar-refractivity contribution >= 4 is 34.6 Å². The first-order chi connectivity index (χ1) is 14.7. The highest BCUT2D eigenvalue weighted by Crippen LogP contribution is 2.42. The van der Waals surface area contributed by atoms with Crippen molar-refractivity contribution in [2.24, 2.45) is 0 Å². The van der Waals surface area contributed by atoms with Crippen molar-refractivity contribution in [2.45, 2.75) is 12.1 Å². The van der Waals surface area contributed by atoms with Crippen LogP contribution in [0.3, 0.4) is 0 Å². The number of hydrogen-bond donors (Lipinski definition) is 1. The van der Waals surface area contributed by atoms with Gasteiger partial charge in [-0.2, -0.15) is 0 Å². The minimum atomic E-state index is -0.111. The van der Waals surface area contributed by atoms with Crippen molar-refractivity contribution in [3.63, 3.8) is 0 Å². The molecule has 0 radical (unpaired) electrons. The van der Waals surface area contributed by atoms with Gasteiger partial charge in [-0.15, -0.1) is 0 Å². The van der Waals surface area contributed by atoms with E-state index in [-0.39, 0.29) is 12.1 Å². The summed E-state index contributed by atoms with van der Waals surface area (Å²) in [5.74, 6) is 0. The predicted molar refractivity (Wildman–Crippen MR) is 123 cm³/mol. The van der Waals surface area contributed by atoms with Gasteiger partial charge in [-0.25, -0.2) is 0 Å². The largest absolute Gasteiger partial charge is 0.351 e. The number of pyridine rings is 2. The summed E-state index contributed by atoms with van der Waals surface area (Å²) in [6.45, 7) is 0. The van der Waals surface area contributed by atoms with Gasteiger partial charge in [0.2, 0.25) is 0 Å². The molecule has 0 bridgehead atoms.